The molecule has 33 heavy (non-hydrogen) atoms. The van der Waals surface area contributed by atoms with Crippen molar-refractivity contribution in [1.82, 2.24) is 9.21 Å². The van der Waals surface area contributed by atoms with Crippen molar-refractivity contribution in [2.45, 2.75) is 32.2 Å². The van der Waals surface area contributed by atoms with Crippen LogP contribution in [0.4, 0.5) is 13.2 Å². The second-order valence-corrected chi connectivity index (χ2v) is 10.2. The molecule has 2 aliphatic rings. The van der Waals surface area contributed by atoms with Crippen molar-refractivity contribution < 1.29 is 30.7 Å². The van der Waals surface area contributed by atoms with Crippen LogP contribution in [0.15, 0.2) is 52.0 Å². The molecule has 0 saturated heterocycles. The maximum atomic E-state index is 12.9. The van der Waals surface area contributed by atoms with Crippen molar-refractivity contribution in [1.29, 1.82) is 0 Å². The van der Waals surface area contributed by atoms with Gasteiger partial charge in [-0.05, 0) is 29.7 Å². The fourth-order valence-corrected chi connectivity index (χ4v) is 4.62. The van der Waals surface area contributed by atoms with Crippen LogP contribution in [-0.4, -0.2) is 37.0 Å². The van der Waals surface area contributed by atoms with E-state index >= 15 is 0 Å². The molecule has 1 unspecified atom stereocenters. The van der Waals surface area contributed by atoms with E-state index in [2.05, 4.69) is 0 Å². The number of rotatable bonds is 6. The molecule has 2 aliphatic heterocycles. The predicted molar refractivity (Wildman–Crippen MR) is 114 cm³/mol. The van der Waals surface area contributed by atoms with Gasteiger partial charge in [-0.25, -0.2) is 8.42 Å². The lowest BCUT2D eigenvalue weighted by Crippen LogP contribution is -2.31. The van der Waals surface area contributed by atoms with Crippen molar-refractivity contribution in [2.24, 2.45) is 5.92 Å². The second kappa shape index (κ2) is 8.86. The molecule has 0 radical (unpaired) electrons. The van der Waals surface area contributed by atoms with E-state index in [0.29, 0.717) is 37.4 Å². The molecule has 178 valence electrons. The number of hydrogen-bond acceptors (Lipinski definition) is 6. The molecule has 3 heterocycles. The van der Waals surface area contributed by atoms with E-state index in [9.17, 15) is 26.4 Å². The van der Waals surface area contributed by atoms with Gasteiger partial charge in [0.2, 0.25) is 21.2 Å². The SMILES string of the molecule is CS(=O)(=O)N1C=CC(COc2coc(CN3Cc4ccc(C(F)(F)F)cc4C3)cc2=O)CC1. The van der Waals surface area contributed by atoms with Crippen LogP contribution in [0.3, 0.4) is 0 Å². The Morgan fingerprint density at radius 3 is 2.58 bits per heavy atom. The maximum absolute atomic E-state index is 12.9. The summed E-state index contributed by atoms with van der Waals surface area (Å²) in [7, 11) is -3.28. The van der Waals surface area contributed by atoms with Gasteiger partial charge in [-0.3, -0.25) is 14.0 Å². The highest BCUT2D eigenvalue weighted by Crippen LogP contribution is 2.33. The van der Waals surface area contributed by atoms with E-state index in [4.69, 9.17) is 9.15 Å². The molecule has 0 bridgehead atoms. The van der Waals surface area contributed by atoms with E-state index in [1.165, 1.54) is 28.9 Å². The molecular weight excluding hydrogens is 461 g/mol. The number of ether oxygens (including phenoxy) is 1. The van der Waals surface area contributed by atoms with E-state index in [1.54, 1.807) is 6.08 Å². The third-order valence-corrected chi connectivity index (χ3v) is 6.83. The highest BCUT2D eigenvalue weighted by Gasteiger charge is 2.32. The van der Waals surface area contributed by atoms with E-state index in [-0.39, 0.29) is 30.2 Å². The van der Waals surface area contributed by atoms with Crippen molar-refractivity contribution in [3.63, 3.8) is 0 Å². The topological polar surface area (TPSA) is 80.1 Å². The van der Waals surface area contributed by atoms with Gasteiger partial charge in [0.1, 0.15) is 12.0 Å². The van der Waals surface area contributed by atoms with Crippen LogP contribution in [0.1, 0.15) is 28.9 Å². The number of halogens is 3. The molecule has 1 atom stereocenters. The summed E-state index contributed by atoms with van der Waals surface area (Å²) in [4.78, 5) is 14.3. The lowest BCUT2D eigenvalue weighted by atomic mass is 10.1. The first-order chi connectivity index (χ1) is 15.5. The smallest absolute Gasteiger partial charge is 0.416 e. The molecule has 0 spiro atoms. The summed E-state index contributed by atoms with van der Waals surface area (Å²) in [6, 6.07) is 5.05. The molecule has 2 aromatic rings. The summed E-state index contributed by atoms with van der Waals surface area (Å²) >= 11 is 0. The van der Waals surface area contributed by atoms with Gasteiger partial charge >= 0.3 is 6.18 Å². The molecule has 0 amide bonds. The van der Waals surface area contributed by atoms with Crippen molar-refractivity contribution >= 4 is 10.0 Å². The van der Waals surface area contributed by atoms with Gasteiger partial charge in [0, 0.05) is 37.8 Å². The molecule has 11 heteroatoms. The summed E-state index contributed by atoms with van der Waals surface area (Å²) in [6.07, 6.45) is 1.80. The Morgan fingerprint density at radius 1 is 1.18 bits per heavy atom. The zero-order valence-electron chi connectivity index (χ0n) is 17.8. The van der Waals surface area contributed by atoms with Gasteiger partial charge < -0.3 is 9.15 Å². The zero-order valence-corrected chi connectivity index (χ0v) is 18.7. The number of benzene rings is 1. The number of alkyl halides is 3. The average Bonchev–Trinajstić information content (AvgIpc) is 3.13. The fourth-order valence-electron chi connectivity index (χ4n) is 3.89. The van der Waals surface area contributed by atoms with Crippen molar-refractivity contribution in [3.05, 3.63) is 75.5 Å². The minimum Gasteiger partial charge on any atom is -0.486 e. The first-order valence-electron chi connectivity index (χ1n) is 10.3. The standard InChI is InChI=1S/C22H23F3N2O5S/c1-33(29,30)27-6-4-15(5-7-27)13-32-21-14-31-19(9-20(21)28)12-26-10-16-2-3-18(22(23,24)25)8-17(16)11-26/h2-4,6,8-9,14-15H,5,7,10-13H2,1H3. The highest BCUT2D eigenvalue weighted by molar-refractivity contribution is 7.88. The predicted octanol–water partition coefficient (Wildman–Crippen LogP) is 3.35. The molecule has 0 aliphatic carbocycles. The van der Waals surface area contributed by atoms with Crippen LogP contribution >= 0.6 is 0 Å². The van der Waals surface area contributed by atoms with Crippen LogP contribution in [0.25, 0.3) is 0 Å². The van der Waals surface area contributed by atoms with Crippen molar-refractivity contribution in [3.8, 4) is 5.75 Å². The third kappa shape index (κ3) is 5.59. The Bertz CT molecular complexity index is 1220. The Balaban J connectivity index is 1.33. The van der Waals surface area contributed by atoms with Gasteiger partial charge in [-0.2, -0.15) is 13.2 Å². The maximum Gasteiger partial charge on any atom is 0.416 e. The molecule has 0 saturated carbocycles. The number of sulfonamides is 1. The van der Waals surface area contributed by atoms with Gasteiger partial charge in [0.15, 0.2) is 0 Å². The van der Waals surface area contributed by atoms with Crippen LogP contribution in [0.5, 0.6) is 5.75 Å². The first kappa shape index (κ1) is 23.4. The van der Waals surface area contributed by atoms with Crippen LogP contribution in [0, 0.1) is 5.92 Å². The number of hydrogen-bond donors (Lipinski definition) is 0. The summed E-state index contributed by atoms with van der Waals surface area (Å²) in [5.41, 5.74) is 0.403. The Kier molecular flexibility index (Phi) is 6.28. The monoisotopic (exact) mass is 484 g/mol. The van der Waals surface area contributed by atoms with E-state index < -0.39 is 21.8 Å². The summed E-state index contributed by atoms with van der Waals surface area (Å²) in [5.74, 6) is 0.404. The van der Waals surface area contributed by atoms with Crippen LogP contribution in [0.2, 0.25) is 0 Å². The average molecular weight is 484 g/mol. The lowest BCUT2D eigenvalue weighted by molar-refractivity contribution is -0.137. The molecule has 1 aromatic heterocycles. The molecule has 0 fully saturated rings. The van der Waals surface area contributed by atoms with E-state index in [1.807, 2.05) is 4.90 Å². The quantitative estimate of drug-likeness (QED) is 0.626. The molecule has 0 N–H and O–H groups in total. The first-order valence-corrected chi connectivity index (χ1v) is 12.1. The van der Waals surface area contributed by atoms with Crippen LogP contribution < -0.4 is 10.2 Å². The van der Waals surface area contributed by atoms with Gasteiger partial charge in [-0.1, -0.05) is 12.1 Å². The van der Waals surface area contributed by atoms with Crippen LogP contribution in [-0.2, 0) is 35.8 Å². The zero-order chi connectivity index (χ0) is 23.8. The van der Waals surface area contributed by atoms with Gasteiger partial charge in [-0.15, -0.1) is 0 Å². The van der Waals surface area contributed by atoms with Gasteiger partial charge in [0.25, 0.3) is 0 Å². The molecule has 4 rings (SSSR count). The molecule has 1 aromatic carbocycles. The van der Waals surface area contributed by atoms with E-state index in [0.717, 1.165) is 24.0 Å². The normalized spacial score (nSPS) is 19.0. The highest BCUT2D eigenvalue weighted by atomic mass is 32.2. The minimum absolute atomic E-state index is 0.0354. The van der Waals surface area contributed by atoms with Gasteiger partial charge in [0.05, 0.1) is 25.0 Å². The summed E-state index contributed by atoms with van der Waals surface area (Å²) in [5, 5.41) is 0. The Labute approximate surface area is 189 Å². The molecular formula is C22H23F3N2O5S. The Hall–Kier alpha value is -2.79. The Morgan fingerprint density at radius 2 is 1.94 bits per heavy atom. The third-order valence-electron chi connectivity index (χ3n) is 5.68. The summed E-state index contributed by atoms with van der Waals surface area (Å²) < 4.78 is 74.2. The second-order valence-electron chi connectivity index (χ2n) is 8.28. The largest absolute Gasteiger partial charge is 0.486 e. The minimum atomic E-state index is -4.38. The fraction of sp³-hybridized carbons (Fsp3) is 0.409. The summed E-state index contributed by atoms with van der Waals surface area (Å²) in [6.45, 7) is 1.63. The number of fused-ring (bicyclic) bond motifs is 1. The number of nitrogens with zero attached hydrogens (tertiary/aromatic N) is 2. The van der Waals surface area contributed by atoms with Crippen molar-refractivity contribution in [2.75, 3.05) is 19.4 Å². The molecule has 7 nitrogen and oxygen atoms in total. The lowest BCUT2D eigenvalue weighted by Gasteiger charge is -2.25.